The first-order chi connectivity index (χ1) is 11.1. The van der Waals surface area contributed by atoms with Crippen LogP contribution in [-0.2, 0) is 4.79 Å². The summed E-state index contributed by atoms with van der Waals surface area (Å²) in [6.07, 6.45) is 3.81. The third-order valence-electron chi connectivity index (χ3n) is 3.76. The lowest BCUT2D eigenvalue weighted by Gasteiger charge is -2.35. The van der Waals surface area contributed by atoms with Gasteiger partial charge in [0.05, 0.1) is 11.6 Å². The lowest BCUT2D eigenvalue weighted by molar-refractivity contribution is -0.142. The van der Waals surface area contributed by atoms with E-state index >= 15 is 0 Å². The summed E-state index contributed by atoms with van der Waals surface area (Å²) in [4.78, 5) is 20.0. The van der Waals surface area contributed by atoms with Crippen LogP contribution in [0.15, 0.2) is 41.7 Å². The Morgan fingerprint density at radius 3 is 2.61 bits per heavy atom. The number of aliphatic carboxylic acids is 1. The molecule has 6 nitrogen and oxygen atoms in total. The molecule has 0 spiro atoms. The molecular formula is C16H14N4O2S. The summed E-state index contributed by atoms with van der Waals surface area (Å²) in [5.41, 5.74) is 1.39. The largest absolute Gasteiger partial charge is 0.480 e. The number of aromatic nitrogens is 2. The van der Waals surface area contributed by atoms with Crippen LogP contribution in [0.5, 0.6) is 0 Å². The van der Waals surface area contributed by atoms with E-state index in [9.17, 15) is 9.90 Å². The number of nitriles is 1. The average molecular weight is 326 g/mol. The maximum absolute atomic E-state index is 11.4. The van der Waals surface area contributed by atoms with E-state index in [1.807, 2.05) is 0 Å². The van der Waals surface area contributed by atoms with Gasteiger partial charge in [-0.3, -0.25) is 4.79 Å². The number of thioether (sulfide) groups is 1. The number of benzene rings is 1. The maximum atomic E-state index is 11.4. The van der Waals surface area contributed by atoms with E-state index < -0.39 is 10.7 Å². The van der Waals surface area contributed by atoms with Crippen molar-refractivity contribution in [1.82, 2.24) is 9.97 Å². The number of nitrogens with zero attached hydrogens (tertiary/aromatic N) is 3. The normalized spacial score (nSPS) is 15.3. The predicted molar refractivity (Wildman–Crippen MR) is 86.5 cm³/mol. The molecule has 1 aromatic heterocycles. The number of anilines is 2. The molecule has 1 aliphatic rings. The van der Waals surface area contributed by atoms with E-state index in [0.717, 1.165) is 12.1 Å². The van der Waals surface area contributed by atoms with Crippen LogP contribution < -0.4 is 5.32 Å². The van der Waals surface area contributed by atoms with Crippen LogP contribution >= 0.6 is 11.8 Å². The van der Waals surface area contributed by atoms with Crippen LogP contribution in [0.1, 0.15) is 24.8 Å². The van der Waals surface area contributed by atoms with Crippen LogP contribution in [0.3, 0.4) is 0 Å². The number of rotatable bonds is 5. The van der Waals surface area contributed by atoms with Gasteiger partial charge in [0.2, 0.25) is 0 Å². The first kappa shape index (κ1) is 15.3. The number of carboxylic acid groups (broad SMARTS) is 1. The van der Waals surface area contributed by atoms with Gasteiger partial charge in [0.1, 0.15) is 10.6 Å². The zero-order valence-electron chi connectivity index (χ0n) is 12.2. The van der Waals surface area contributed by atoms with Crippen LogP contribution in [0.25, 0.3) is 0 Å². The summed E-state index contributed by atoms with van der Waals surface area (Å²) < 4.78 is -0.785. The molecule has 23 heavy (non-hydrogen) atoms. The van der Waals surface area contributed by atoms with Gasteiger partial charge in [-0.2, -0.15) is 5.26 Å². The summed E-state index contributed by atoms with van der Waals surface area (Å²) in [7, 11) is 0. The standard InChI is InChI=1S/C16H14N4O2S/c17-10-11-2-4-12(5-3-11)19-13-6-9-18-15(20-13)23-16(14(21)22)7-1-8-16/h2-6,9H,1,7-8H2,(H,21,22)(H,18,19,20). The molecule has 0 aliphatic heterocycles. The van der Waals surface area contributed by atoms with Gasteiger partial charge in [-0.15, -0.1) is 0 Å². The number of hydrogen-bond acceptors (Lipinski definition) is 6. The van der Waals surface area contributed by atoms with Crippen LogP contribution in [0.2, 0.25) is 0 Å². The summed E-state index contributed by atoms with van der Waals surface area (Å²) in [6.45, 7) is 0. The zero-order valence-corrected chi connectivity index (χ0v) is 13.0. The molecule has 2 aromatic rings. The minimum Gasteiger partial charge on any atom is -0.480 e. The highest BCUT2D eigenvalue weighted by molar-refractivity contribution is 8.01. The highest BCUT2D eigenvalue weighted by atomic mass is 32.2. The maximum Gasteiger partial charge on any atom is 0.320 e. The summed E-state index contributed by atoms with van der Waals surface area (Å²) >= 11 is 1.21. The topological polar surface area (TPSA) is 98.9 Å². The molecule has 1 aromatic carbocycles. The summed E-state index contributed by atoms with van der Waals surface area (Å²) in [5.74, 6) is -0.213. The van der Waals surface area contributed by atoms with Gasteiger partial charge in [0.25, 0.3) is 0 Å². The van der Waals surface area contributed by atoms with Crippen molar-refractivity contribution in [1.29, 1.82) is 5.26 Å². The second kappa shape index (κ2) is 6.26. The van der Waals surface area contributed by atoms with E-state index in [-0.39, 0.29) is 0 Å². The zero-order chi connectivity index (χ0) is 16.3. The van der Waals surface area contributed by atoms with E-state index in [2.05, 4.69) is 21.4 Å². The third kappa shape index (κ3) is 3.27. The van der Waals surface area contributed by atoms with Crippen molar-refractivity contribution in [3.8, 4) is 6.07 Å². The van der Waals surface area contributed by atoms with Gasteiger partial charge < -0.3 is 10.4 Å². The summed E-state index contributed by atoms with van der Waals surface area (Å²) in [5, 5.41) is 21.8. The van der Waals surface area contributed by atoms with Gasteiger partial charge in [-0.25, -0.2) is 9.97 Å². The van der Waals surface area contributed by atoms with Crippen molar-refractivity contribution in [3.63, 3.8) is 0 Å². The second-order valence-electron chi connectivity index (χ2n) is 5.29. The smallest absolute Gasteiger partial charge is 0.320 e. The molecule has 3 rings (SSSR count). The molecule has 0 radical (unpaired) electrons. The van der Waals surface area contributed by atoms with Crippen molar-refractivity contribution in [2.45, 2.75) is 29.2 Å². The van der Waals surface area contributed by atoms with Crippen LogP contribution in [0.4, 0.5) is 11.5 Å². The fraction of sp³-hybridized carbons (Fsp3) is 0.250. The molecule has 0 amide bonds. The predicted octanol–water partition coefficient (Wildman–Crippen LogP) is 3.19. The Morgan fingerprint density at radius 1 is 1.30 bits per heavy atom. The van der Waals surface area contributed by atoms with Crippen molar-refractivity contribution in [3.05, 3.63) is 42.1 Å². The highest BCUT2D eigenvalue weighted by Gasteiger charge is 2.46. The number of hydrogen-bond donors (Lipinski definition) is 2. The monoisotopic (exact) mass is 326 g/mol. The molecule has 0 unspecified atom stereocenters. The number of nitrogens with one attached hydrogen (secondary N) is 1. The quantitative estimate of drug-likeness (QED) is 0.814. The molecule has 1 heterocycles. The van der Waals surface area contributed by atoms with Crippen molar-refractivity contribution in [2.24, 2.45) is 0 Å². The Labute approximate surface area is 137 Å². The molecule has 0 bridgehead atoms. The van der Waals surface area contributed by atoms with E-state index in [1.165, 1.54) is 11.8 Å². The lowest BCUT2D eigenvalue weighted by atomic mass is 9.84. The molecule has 1 saturated carbocycles. The van der Waals surface area contributed by atoms with Gasteiger partial charge in [-0.1, -0.05) is 11.8 Å². The molecule has 1 aliphatic carbocycles. The fourth-order valence-corrected chi connectivity index (χ4v) is 3.45. The molecule has 1 fully saturated rings. The Kier molecular flexibility index (Phi) is 4.17. The average Bonchev–Trinajstić information content (AvgIpc) is 2.52. The molecule has 0 saturated heterocycles. The Balaban J connectivity index is 1.74. The van der Waals surface area contributed by atoms with E-state index in [0.29, 0.717) is 29.4 Å². The van der Waals surface area contributed by atoms with Gasteiger partial charge in [0, 0.05) is 11.9 Å². The lowest BCUT2D eigenvalue weighted by Crippen LogP contribution is -2.42. The minimum absolute atomic E-state index is 0.450. The first-order valence-electron chi connectivity index (χ1n) is 7.14. The SMILES string of the molecule is N#Cc1ccc(Nc2ccnc(SC3(C(=O)O)CCC3)n2)cc1. The fourth-order valence-electron chi connectivity index (χ4n) is 2.27. The van der Waals surface area contributed by atoms with E-state index in [1.54, 1.807) is 36.5 Å². The van der Waals surface area contributed by atoms with Gasteiger partial charge in [0.15, 0.2) is 5.16 Å². The second-order valence-corrected chi connectivity index (χ2v) is 6.64. The molecule has 116 valence electrons. The molecule has 0 atom stereocenters. The van der Waals surface area contributed by atoms with Crippen molar-refractivity contribution < 1.29 is 9.90 Å². The van der Waals surface area contributed by atoms with Crippen molar-refractivity contribution >= 4 is 29.2 Å². The number of carbonyl (C=O) groups is 1. The Hall–Kier alpha value is -2.59. The van der Waals surface area contributed by atoms with Crippen LogP contribution in [-0.4, -0.2) is 25.8 Å². The Bertz CT molecular complexity index is 766. The van der Waals surface area contributed by atoms with E-state index in [4.69, 9.17) is 5.26 Å². The first-order valence-corrected chi connectivity index (χ1v) is 7.96. The molecular weight excluding hydrogens is 312 g/mol. The van der Waals surface area contributed by atoms with Gasteiger partial charge >= 0.3 is 5.97 Å². The number of carboxylic acids is 1. The van der Waals surface area contributed by atoms with Crippen molar-refractivity contribution in [2.75, 3.05) is 5.32 Å². The summed E-state index contributed by atoms with van der Waals surface area (Å²) in [6, 6.07) is 10.8. The Morgan fingerprint density at radius 2 is 2.04 bits per heavy atom. The van der Waals surface area contributed by atoms with Crippen LogP contribution in [0, 0.1) is 11.3 Å². The molecule has 7 heteroatoms. The highest BCUT2D eigenvalue weighted by Crippen LogP contribution is 2.46. The third-order valence-corrected chi connectivity index (χ3v) is 5.11. The molecule has 2 N–H and O–H groups in total. The van der Waals surface area contributed by atoms with Gasteiger partial charge in [-0.05, 0) is 49.6 Å². The minimum atomic E-state index is -0.803.